The summed E-state index contributed by atoms with van der Waals surface area (Å²) in [6, 6.07) is 14.8. The second-order valence-corrected chi connectivity index (χ2v) is 7.10. The molecule has 25 heavy (non-hydrogen) atoms. The highest BCUT2D eigenvalue weighted by atomic mass is 35.5. The number of carbonyl (C=O) groups is 1. The highest BCUT2D eigenvalue weighted by molar-refractivity contribution is 6.31. The first-order valence-electron chi connectivity index (χ1n) is 8.92. The zero-order valence-corrected chi connectivity index (χ0v) is 15.3. The highest BCUT2D eigenvalue weighted by Gasteiger charge is 2.40. The number of hydrogen-bond acceptors (Lipinski definition) is 3. The molecule has 0 aliphatic carbocycles. The van der Waals surface area contributed by atoms with E-state index in [1.165, 1.54) is 0 Å². The van der Waals surface area contributed by atoms with Gasteiger partial charge in [-0.2, -0.15) is 0 Å². The Balaban J connectivity index is 1.96. The maximum Gasteiger partial charge on any atom is 0.172 e. The number of halogens is 1. The number of carbonyl (C=O) groups excluding carboxylic acids is 1. The van der Waals surface area contributed by atoms with Crippen LogP contribution in [-0.4, -0.2) is 18.9 Å². The molecule has 1 heterocycles. The zero-order chi connectivity index (χ0) is 17.7. The minimum Gasteiger partial charge on any atom is -0.457 e. The first kappa shape index (κ1) is 18.0. The number of ketones is 1. The summed E-state index contributed by atoms with van der Waals surface area (Å²) in [5, 5.41) is 3.93. The fourth-order valence-electron chi connectivity index (χ4n) is 3.64. The third kappa shape index (κ3) is 4.05. The largest absolute Gasteiger partial charge is 0.457 e. The molecule has 4 heteroatoms. The number of rotatable bonds is 6. The van der Waals surface area contributed by atoms with Crippen molar-refractivity contribution in [2.75, 3.05) is 13.1 Å². The Kier molecular flexibility index (Phi) is 5.77. The molecule has 0 bridgehead atoms. The quantitative estimate of drug-likeness (QED) is 0.695. The Hall–Kier alpha value is -1.84. The van der Waals surface area contributed by atoms with Gasteiger partial charge in [0.05, 0.1) is 5.56 Å². The van der Waals surface area contributed by atoms with Crippen molar-refractivity contribution in [1.29, 1.82) is 0 Å². The summed E-state index contributed by atoms with van der Waals surface area (Å²) in [5.74, 6) is 1.42. The molecule has 0 unspecified atom stereocenters. The molecule has 1 N–H and O–H groups in total. The van der Waals surface area contributed by atoms with E-state index in [0.717, 1.165) is 38.8 Å². The topological polar surface area (TPSA) is 38.3 Å². The predicted octanol–water partition coefficient (Wildman–Crippen LogP) is 5.48. The number of Topliss-reactive ketones (excluding diaryl/α,β-unsaturated/α-hetero) is 1. The molecular formula is C21H24ClNO2. The number of hydrogen-bond donors (Lipinski definition) is 1. The van der Waals surface area contributed by atoms with Gasteiger partial charge >= 0.3 is 0 Å². The lowest BCUT2D eigenvalue weighted by molar-refractivity contribution is 0.0702. The van der Waals surface area contributed by atoms with Crippen LogP contribution in [0.25, 0.3) is 0 Å². The average Bonchev–Trinajstić information content (AvgIpc) is 2.63. The van der Waals surface area contributed by atoms with Gasteiger partial charge in [-0.1, -0.05) is 43.1 Å². The summed E-state index contributed by atoms with van der Waals surface area (Å²) < 4.78 is 6.00. The number of benzene rings is 2. The highest BCUT2D eigenvalue weighted by Crippen LogP contribution is 2.41. The van der Waals surface area contributed by atoms with Crippen molar-refractivity contribution in [3.05, 3.63) is 59.1 Å². The minimum atomic E-state index is -0.303. The second kappa shape index (κ2) is 8.03. The van der Waals surface area contributed by atoms with Gasteiger partial charge in [-0.05, 0) is 56.6 Å². The fourth-order valence-corrected chi connectivity index (χ4v) is 3.81. The first-order valence-corrected chi connectivity index (χ1v) is 9.30. The van der Waals surface area contributed by atoms with Gasteiger partial charge in [-0.25, -0.2) is 0 Å². The van der Waals surface area contributed by atoms with E-state index in [0.29, 0.717) is 22.1 Å². The van der Waals surface area contributed by atoms with Crippen molar-refractivity contribution >= 4 is 17.4 Å². The minimum absolute atomic E-state index is 0.179. The lowest BCUT2D eigenvalue weighted by Crippen LogP contribution is -2.42. The van der Waals surface area contributed by atoms with Gasteiger partial charge in [0.25, 0.3) is 0 Å². The van der Waals surface area contributed by atoms with Crippen LogP contribution in [0.3, 0.4) is 0 Å². The zero-order valence-electron chi connectivity index (χ0n) is 14.6. The normalized spacial score (nSPS) is 16.4. The Bertz CT molecular complexity index is 718. The van der Waals surface area contributed by atoms with E-state index in [9.17, 15) is 4.79 Å². The predicted molar refractivity (Wildman–Crippen MR) is 102 cm³/mol. The van der Waals surface area contributed by atoms with E-state index >= 15 is 0 Å². The standard InChI is InChI=1S/C21H24ClNO2/c1-2-10-21(11-13-23-14-12-21)20(24)18-9-8-16(22)15-19(18)25-17-6-4-3-5-7-17/h3-9,15,23H,2,10-14H2,1H3. The Morgan fingerprint density at radius 1 is 1.16 bits per heavy atom. The number of nitrogens with one attached hydrogen (secondary N) is 1. The monoisotopic (exact) mass is 357 g/mol. The van der Waals surface area contributed by atoms with Crippen molar-refractivity contribution in [3.8, 4) is 11.5 Å². The van der Waals surface area contributed by atoms with Gasteiger partial charge < -0.3 is 10.1 Å². The van der Waals surface area contributed by atoms with Crippen LogP contribution in [0.5, 0.6) is 11.5 Å². The summed E-state index contributed by atoms with van der Waals surface area (Å²) in [7, 11) is 0. The molecule has 0 atom stereocenters. The van der Waals surface area contributed by atoms with E-state index in [1.54, 1.807) is 12.1 Å². The van der Waals surface area contributed by atoms with Crippen LogP contribution in [0.1, 0.15) is 43.0 Å². The lowest BCUT2D eigenvalue weighted by Gasteiger charge is -2.36. The molecule has 3 rings (SSSR count). The molecule has 1 aliphatic rings. The Labute approximate surface area is 154 Å². The first-order chi connectivity index (χ1) is 12.1. The maximum absolute atomic E-state index is 13.5. The van der Waals surface area contributed by atoms with E-state index in [4.69, 9.17) is 16.3 Å². The van der Waals surface area contributed by atoms with Crippen molar-refractivity contribution in [1.82, 2.24) is 5.32 Å². The van der Waals surface area contributed by atoms with Crippen molar-refractivity contribution in [3.63, 3.8) is 0 Å². The molecule has 0 radical (unpaired) electrons. The van der Waals surface area contributed by atoms with Crippen LogP contribution >= 0.6 is 11.6 Å². The van der Waals surface area contributed by atoms with Gasteiger partial charge in [0.1, 0.15) is 11.5 Å². The van der Waals surface area contributed by atoms with Crippen molar-refractivity contribution < 1.29 is 9.53 Å². The summed E-state index contributed by atoms with van der Waals surface area (Å²) >= 11 is 6.17. The van der Waals surface area contributed by atoms with E-state index in [1.807, 2.05) is 36.4 Å². The third-order valence-electron chi connectivity index (χ3n) is 4.93. The molecule has 1 saturated heterocycles. The molecule has 0 spiro atoms. The van der Waals surface area contributed by atoms with Crippen molar-refractivity contribution in [2.45, 2.75) is 32.6 Å². The smallest absolute Gasteiger partial charge is 0.172 e. The molecule has 0 amide bonds. The van der Waals surface area contributed by atoms with Crippen LogP contribution in [0.15, 0.2) is 48.5 Å². The van der Waals surface area contributed by atoms with Gasteiger partial charge in [-0.3, -0.25) is 4.79 Å². The van der Waals surface area contributed by atoms with Crippen LogP contribution < -0.4 is 10.1 Å². The van der Waals surface area contributed by atoms with Gasteiger partial charge in [0, 0.05) is 16.5 Å². The summed E-state index contributed by atoms with van der Waals surface area (Å²) in [5.41, 5.74) is 0.325. The second-order valence-electron chi connectivity index (χ2n) is 6.67. The van der Waals surface area contributed by atoms with Crippen LogP contribution in [0.2, 0.25) is 5.02 Å². The summed E-state index contributed by atoms with van der Waals surface area (Å²) in [6.45, 7) is 3.91. The fraction of sp³-hybridized carbons (Fsp3) is 0.381. The molecule has 0 aromatic heterocycles. The lowest BCUT2D eigenvalue weighted by atomic mass is 9.70. The number of piperidine rings is 1. The molecule has 2 aromatic carbocycles. The maximum atomic E-state index is 13.5. The molecule has 1 aliphatic heterocycles. The molecule has 132 valence electrons. The number of para-hydroxylation sites is 1. The van der Waals surface area contributed by atoms with Gasteiger partial charge in [0.15, 0.2) is 5.78 Å². The average molecular weight is 358 g/mol. The molecule has 0 saturated carbocycles. The third-order valence-corrected chi connectivity index (χ3v) is 5.17. The van der Waals surface area contributed by atoms with E-state index in [-0.39, 0.29) is 11.2 Å². The summed E-state index contributed by atoms with van der Waals surface area (Å²) in [4.78, 5) is 13.5. The molecule has 3 nitrogen and oxygen atoms in total. The molecule has 2 aromatic rings. The van der Waals surface area contributed by atoms with Crippen LogP contribution in [-0.2, 0) is 0 Å². The van der Waals surface area contributed by atoms with Gasteiger partial charge in [-0.15, -0.1) is 0 Å². The van der Waals surface area contributed by atoms with Crippen LogP contribution in [0, 0.1) is 5.41 Å². The SMILES string of the molecule is CCCC1(C(=O)c2ccc(Cl)cc2Oc2ccccc2)CCNCC1. The van der Waals surface area contributed by atoms with E-state index in [2.05, 4.69) is 12.2 Å². The molecule has 1 fully saturated rings. The summed E-state index contributed by atoms with van der Waals surface area (Å²) in [6.07, 6.45) is 3.63. The van der Waals surface area contributed by atoms with E-state index < -0.39 is 0 Å². The van der Waals surface area contributed by atoms with Gasteiger partial charge in [0.2, 0.25) is 0 Å². The Morgan fingerprint density at radius 2 is 1.88 bits per heavy atom. The number of ether oxygens (including phenoxy) is 1. The molecular weight excluding hydrogens is 334 g/mol. The van der Waals surface area contributed by atoms with Crippen LogP contribution in [0.4, 0.5) is 0 Å². The Morgan fingerprint density at radius 3 is 2.56 bits per heavy atom. The van der Waals surface area contributed by atoms with Crippen molar-refractivity contribution in [2.24, 2.45) is 5.41 Å².